The topological polar surface area (TPSA) is 145 Å². The van der Waals surface area contributed by atoms with Gasteiger partial charge in [-0.25, -0.2) is 19.2 Å². The Hall–Kier alpha value is -3.73. The summed E-state index contributed by atoms with van der Waals surface area (Å²) >= 11 is 0. The van der Waals surface area contributed by atoms with Crippen LogP contribution < -0.4 is 4.73 Å². The van der Waals surface area contributed by atoms with Gasteiger partial charge in [0, 0.05) is 12.4 Å². The van der Waals surface area contributed by atoms with E-state index in [2.05, 4.69) is 23.9 Å². The SMILES string of the molecule is COC(=O)c1cc(C(=O)OC)c[n+]([O-])c1.COC(=O)c1cncc(C(=O)OC)c1.Cl. The van der Waals surface area contributed by atoms with E-state index in [-0.39, 0.29) is 34.7 Å². The minimum Gasteiger partial charge on any atom is -0.619 e. The lowest BCUT2D eigenvalue weighted by Gasteiger charge is -2.03. The lowest BCUT2D eigenvalue weighted by molar-refractivity contribution is -0.605. The lowest BCUT2D eigenvalue weighted by Crippen LogP contribution is -2.28. The highest BCUT2D eigenvalue weighted by Crippen LogP contribution is 2.05. The number of esters is 4. The van der Waals surface area contributed by atoms with Gasteiger partial charge in [0.1, 0.15) is 11.1 Å². The van der Waals surface area contributed by atoms with Gasteiger partial charge < -0.3 is 24.2 Å². The van der Waals surface area contributed by atoms with Crippen LogP contribution in [0.15, 0.2) is 36.9 Å². The Labute approximate surface area is 177 Å². The average Bonchev–Trinajstić information content (AvgIpc) is 2.76. The Balaban J connectivity index is 0.000000544. The van der Waals surface area contributed by atoms with Crippen molar-refractivity contribution < 1.29 is 42.9 Å². The van der Waals surface area contributed by atoms with Crippen LogP contribution in [0.5, 0.6) is 0 Å². The summed E-state index contributed by atoms with van der Waals surface area (Å²) in [5.41, 5.74) is 0.427. The molecule has 0 amide bonds. The zero-order chi connectivity index (χ0) is 22.0. The smallest absolute Gasteiger partial charge is 0.344 e. The van der Waals surface area contributed by atoms with Crippen LogP contribution >= 0.6 is 12.4 Å². The third kappa shape index (κ3) is 7.36. The number of hydrogen-bond acceptors (Lipinski definition) is 10. The predicted molar refractivity (Wildman–Crippen MR) is 102 cm³/mol. The van der Waals surface area contributed by atoms with Crippen LogP contribution in [0.3, 0.4) is 0 Å². The first-order valence-electron chi connectivity index (χ1n) is 7.79. The van der Waals surface area contributed by atoms with Crippen molar-refractivity contribution in [1.82, 2.24) is 4.98 Å². The fourth-order valence-corrected chi connectivity index (χ4v) is 1.91. The Kier molecular flexibility index (Phi) is 11.1. The number of carbonyl (C=O) groups is 4. The number of nitrogens with zero attached hydrogens (tertiary/aromatic N) is 2. The number of ether oxygens (including phenoxy) is 4. The zero-order valence-electron chi connectivity index (χ0n) is 16.4. The highest BCUT2D eigenvalue weighted by molar-refractivity contribution is 5.95. The van der Waals surface area contributed by atoms with Gasteiger partial charge in [0.25, 0.3) is 0 Å². The van der Waals surface area contributed by atoms with E-state index < -0.39 is 23.9 Å². The molecule has 0 bridgehead atoms. The molecule has 0 saturated heterocycles. The van der Waals surface area contributed by atoms with Gasteiger partial charge in [-0.2, -0.15) is 4.73 Å². The fraction of sp³-hybridized carbons (Fsp3) is 0.222. The number of methoxy groups -OCH3 is 4. The number of hydrogen-bond donors (Lipinski definition) is 0. The van der Waals surface area contributed by atoms with Crippen LogP contribution in [0.2, 0.25) is 0 Å². The van der Waals surface area contributed by atoms with Crippen molar-refractivity contribution in [3.05, 3.63) is 64.4 Å². The van der Waals surface area contributed by atoms with Crippen LogP contribution in [0, 0.1) is 5.21 Å². The van der Waals surface area contributed by atoms with E-state index >= 15 is 0 Å². The van der Waals surface area contributed by atoms with Crippen LogP contribution in [0.4, 0.5) is 0 Å². The van der Waals surface area contributed by atoms with Crippen LogP contribution in [-0.4, -0.2) is 57.3 Å². The van der Waals surface area contributed by atoms with Gasteiger partial charge in [-0.15, -0.1) is 12.4 Å². The third-order valence-corrected chi connectivity index (χ3v) is 3.27. The molecule has 2 heterocycles. The first kappa shape index (κ1) is 26.3. The molecular formula is C18H19ClN2O9. The Bertz CT molecular complexity index is 853. The maximum Gasteiger partial charge on any atom is 0.344 e. The highest BCUT2D eigenvalue weighted by atomic mass is 35.5. The fourth-order valence-electron chi connectivity index (χ4n) is 1.91. The molecule has 0 aliphatic carbocycles. The number of aromatic nitrogens is 2. The van der Waals surface area contributed by atoms with E-state index in [9.17, 15) is 24.4 Å². The molecule has 0 atom stereocenters. The molecule has 0 spiro atoms. The number of pyridine rings is 2. The summed E-state index contributed by atoms with van der Waals surface area (Å²) in [7, 11) is 4.88. The number of halogens is 1. The van der Waals surface area contributed by atoms with Gasteiger partial charge >= 0.3 is 23.9 Å². The molecule has 2 aromatic rings. The molecule has 0 fully saturated rings. The second-order valence-electron chi connectivity index (χ2n) is 5.10. The first-order chi connectivity index (χ1) is 13.8. The minimum atomic E-state index is -0.689. The molecule has 0 aliphatic heterocycles. The van der Waals surface area contributed by atoms with Crippen LogP contribution in [0.25, 0.3) is 0 Å². The molecular weight excluding hydrogens is 424 g/mol. The van der Waals surface area contributed by atoms with Crippen molar-refractivity contribution in [2.75, 3.05) is 28.4 Å². The van der Waals surface area contributed by atoms with E-state index in [1.807, 2.05) is 0 Å². The van der Waals surface area contributed by atoms with Crippen molar-refractivity contribution in [1.29, 1.82) is 0 Å². The predicted octanol–water partition coefficient (Wildman–Crippen LogP) is 0.970. The molecule has 0 N–H and O–H groups in total. The zero-order valence-corrected chi connectivity index (χ0v) is 17.3. The minimum absolute atomic E-state index is 0. The van der Waals surface area contributed by atoms with E-state index in [0.29, 0.717) is 4.73 Å². The molecule has 0 saturated carbocycles. The quantitative estimate of drug-likeness (QED) is 0.290. The van der Waals surface area contributed by atoms with Crippen molar-refractivity contribution in [2.45, 2.75) is 0 Å². The largest absolute Gasteiger partial charge is 0.619 e. The summed E-state index contributed by atoms with van der Waals surface area (Å²) in [6.07, 6.45) is 4.66. The summed E-state index contributed by atoms with van der Waals surface area (Å²) in [6.45, 7) is 0. The summed E-state index contributed by atoms with van der Waals surface area (Å²) in [6, 6.07) is 2.59. The van der Waals surface area contributed by atoms with Gasteiger partial charge in [0.2, 0.25) is 0 Å². The number of carbonyl (C=O) groups excluding carboxylic acids is 4. The molecule has 0 aromatic carbocycles. The van der Waals surface area contributed by atoms with E-state index in [1.54, 1.807) is 0 Å². The molecule has 0 unspecified atom stereocenters. The summed E-state index contributed by atoms with van der Waals surface area (Å²) < 4.78 is 18.1. The molecule has 162 valence electrons. The molecule has 12 heteroatoms. The second-order valence-corrected chi connectivity index (χ2v) is 5.10. The molecule has 2 aromatic heterocycles. The van der Waals surface area contributed by atoms with E-state index in [1.165, 1.54) is 53.0 Å². The first-order valence-corrected chi connectivity index (χ1v) is 7.79. The van der Waals surface area contributed by atoms with Crippen LogP contribution in [0.1, 0.15) is 41.4 Å². The second kappa shape index (κ2) is 12.7. The Morgan fingerprint density at radius 1 is 0.700 bits per heavy atom. The van der Waals surface area contributed by atoms with Crippen LogP contribution in [-0.2, 0) is 18.9 Å². The maximum absolute atomic E-state index is 11.1. The van der Waals surface area contributed by atoms with Crippen molar-refractivity contribution in [2.24, 2.45) is 0 Å². The number of rotatable bonds is 4. The normalized spacial score (nSPS) is 9.07. The average molecular weight is 443 g/mol. The van der Waals surface area contributed by atoms with Gasteiger partial charge in [0.15, 0.2) is 12.4 Å². The van der Waals surface area contributed by atoms with Crippen molar-refractivity contribution in [3.8, 4) is 0 Å². The van der Waals surface area contributed by atoms with E-state index in [4.69, 9.17) is 0 Å². The monoisotopic (exact) mass is 442 g/mol. The van der Waals surface area contributed by atoms with Gasteiger partial charge in [-0.1, -0.05) is 0 Å². The Morgan fingerprint density at radius 3 is 1.33 bits per heavy atom. The molecule has 30 heavy (non-hydrogen) atoms. The van der Waals surface area contributed by atoms with Gasteiger partial charge in [-0.3, -0.25) is 4.98 Å². The molecule has 11 nitrogen and oxygen atoms in total. The lowest BCUT2D eigenvalue weighted by atomic mass is 10.2. The Morgan fingerprint density at radius 2 is 1.00 bits per heavy atom. The highest BCUT2D eigenvalue weighted by Gasteiger charge is 2.16. The van der Waals surface area contributed by atoms with Gasteiger partial charge in [0.05, 0.1) is 39.6 Å². The van der Waals surface area contributed by atoms with Crippen molar-refractivity contribution >= 4 is 36.3 Å². The molecule has 2 rings (SSSR count). The summed E-state index contributed by atoms with van der Waals surface area (Å²) in [5, 5.41) is 11.1. The standard InChI is InChI=1S/C9H9NO5.C9H9NO4.ClH/c1-14-8(11)6-3-7(9(12)15-2)5-10(13)4-6;1-13-8(11)6-3-7(5-10-4-6)9(12)14-2;/h3-5H,1-2H3;3-5H,1-2H3;1H. The summed E-state index contributed by atoms with van der Waals surface area (Å²) in [4.78, 5) is 48.0. The molecule has 0 aliphatic rings. The third-order valence-electron chi connectivity index (χ3n) is 3.27. The van der Waals surface area contributed by atoms with E-state index in [0.717, 1.165) is 12.4 Å². The maximum atomic E-state index is 11.1. The van der Waals surface area contributed by atoms with Crippen molar-refractivity contribution in [3.63, 3.8) is 0 Å². The molecule has 0 radical (unpaired) electrons. The summed E-state index contributed by atoms with van der Waals surface area (Å²) in [5.74, 6) is -2.46. The van der Waals surface area contributed by atoms with Gasteiger partial charge in [-0.05, 0) is 12.1 Å².